The van der Waals surface area contributed by atoms with Crippen LogP contribution in [0.1, 0.15) is 11.1 Å². The fraction of sp³-hybridized carbons (Fsp3) is 0.0625. The molecule has 1 amide bonds. The highest BCUT2D eigenvalue weighted by atomic mass is 32.2. The number of thiocarbonyl (C=S) groups is 1. The molecule has 21 heavy (non-hydrogen) atoms. The van der Waals surface area contributed by atoms with Crippen LogP contribution < -0.4 is 4.90 Å². The molecule has 1 aliphatic rings. The number of thioether (sulfide) groups is 1. The summed E-state index contributed by atoms with van der Waals surface area (Å²) in [5.41, 5.74) is 2.80. The highest BCUT2D eigenvalue weighted by Crippen LogP contribution is 2.36. The number of nitrogens with zero attached hydrogens (tertiary/aromatic N) is 2. The van der Waals surface area contributed by atoms with E-state index in [4.69, 9.17) is 12.2 Å². The Hall–Kier alpha value is -1.98. The van der Waals surface area contributed by atoms with Crippen LogP contribution in [-0.4, -0.2) is 15.2 Å². The quantitative estimate of drug-likeness (QED) is 0.624. The third kappa shape index (κ3) is 2.89. The first-order chi connectivity index (χ1) is 10.1. The first-order valence-corrected chi connectivity index (χ1v) is 7.62. The predicted molar refractivity (Wildman–Crippen MR) is 91.1 cm³/mol. The maximum Gasteiger partial charge on any atom is 0.270 e. The van der Waals surface area contributed by atoms with E-state index in [1.807, 2.05) is 49.4 Å². The Labute approximate surface area is 132 Å². The molecule has 0 saturated carbocycles. The highest BCUT2D eigenvalue weighted by molar-refractivity contribution is 8.27. The van der Waals surface area contributed by atoms with Crippen molar-refractivity contribution in [2.24, 2.45) is 0 Å². The molecule has 0 radical (unpaired) electrons. The average Bonchev–Trinajstić information content (AvgIpc) is 2.74. The van der Waals surface area contributed by atoms with E-state index < -0.39 is 0 Å². The van der Waals surface area contributed by atoms with Gasteiger partial charge in [0.05, 0.1) is 10.6 Å². The van der Waals surface area contributed by atoms with Crippen LogP contribution in [0.15, 0.2) is 53.7 Å². The van der Waals surface area contributed by atoms with Gasteiger partial charge in [-0.05, 0) is 42.3 Å². The highest BCUT2D eigenvalue weighted by Gasteiger charge is 2.33. The van der Waals surface area contributed by atoms with E-state index in [2.05, 4.69) is 4.98 Å². The molecule has 1 aromatic heterocycles. The van der Waals surface area contributed by atoms with Gasteiger partial charge in [0.2, 0.25) is 0 Å². The molecule has 0 aliphatic carbocycles. The lowest BCUT2D eigenvalue weighted by Gasteiger charge is -2.14. The molecule has 1 aliphatic heterocycles. The van der Waals surface area contributed by atoms with Gasteiger partial charge in [-0.3, -0.25) is 14.7 Å². The first-order valence-electron chi connectivity index (χ1n) is 6.40. The van der Waals surface area contributed by atoms with Gasteiger partial charge in [-0.1, -0.05) is 42.2 Å². The van der Waals surface area contributed by atoms with Crippen LogP contribution in [0.25, 0.3) is 6.08 Å². The molecule has 0 spiro atoms. The van der Waals surface area contributed by atoms with Gasteiger partial charge in [0.25, 0.3) is 5.91 Å². The molecule has 0 atom stereocenters. The van der Waals surface area contributed by atoms with E-state index in [-0.39, 0.29) is 5.91 Å². The van der Waals surface area contributed by atoms with Crippen molar-refractivity contribution in [2.75, 3.05) is 4.90 Å². The largest absolute Gasteiger partial charge is 0.270 e. The molecule has 5 heteroatoms. The van der Waals surface area contributed by atoms with Crippen molar-refractivity contribution in [1.82, 2.24) is 4.98 Å². The molecule has 1 fully saturated rings. The van der Waals surface area contributed by atoms with Crippen LogP contribution in [0.5, 0.6) is 0 Å². The van der Waals surface area contributed by atoms with E-state index in [0.29, 0.717) is 9.23 Å². The fourth-order valence-electron chi connectivity index (χ4n) is 2.07. The van der Waals surface area contributed by atoms with Gasteiger partial charge in [-0.15, -0.1) is 0 Å². The molecule has 2 heterocycles. The Bertz CT molecular complexity index is 741. The van der Waals surface area contributed by atoms with Crippen LogP contribution in [0.2, 0.25) is 0 Å². The summed E-state index contributed by atoms with van der Waals surface area (Å²) >= 11 is 6.67. The molecular weight excluding hydrogens is 300 g/mol. The number of anilines is 1. The number of hydrogen-bond acceptors (Lipinski definition) is 4. The molecular formula is C16H12N2OS2. The summed E-state index contributed by atoms with van der Waals surface area (Å²) < 4.78 is 0.556. The summed E-state index contributed by atoms with van der Waals surface area (Å²) in [5, 5.41) is 0. The van der Waals surface area contributed by atoms with Crippen molar-refractivity contribution in [1.29, 1.82) is 0 Å². The van der Waals surface area contributed by atoms with Crippen LogP contribution in [0, 0.1) is 6.92 Å². The van der Waals surface area contributed by atoms with Gasteiger partial charge in [-0.25, -0.2) is 0 Å². The Kier molecular flexibility index (Phi) is 3.86. The minimum Gasteiger partial charge on any atom is -0.268 e. The van der Waals surface area contributed by atoms with Crippen LogP contribution >= 0.6 is 24.0 Å². The molecule has 3 nitrogen and oxygen atoms in total. The standard InChI is InChI=1S/C16H12N2OS2/c1-11-4-2-6-13(8-11)18-15(19)14(21-16(18)20)9-12-5-3-7-17-10-12/h2-10H,1H3/b14-9+. The van der Waals surface area contributed by atoms with Gasteiger partial charge in [-0.2, -0.15) is 0 Å². The predicted octanol–water partition coefficient (Wildman–Crippen LogP) is 3.80. The zero-order valence-corrected chi connectivity index (χ0v) is 12.9. The zero-order chi connectivity index (χ0) is 14.8. The molecule has 3 rings (SSSR count). The minimum atomic E-state index is -0.0838. The van der Waals surface area contributed by atoms with Gasteiger partial charge in [0, 0.05) is 12.4 Å². The molecule has 1 saturated heterocycles. The van der Waals surface area contributed by atoms with E-state index in [9.17, 15) is 4.79 Å². The van der Waals surface area contributed by atoms with Gasteiger partial charge in [0.15, 0.2) is 4.32 Å². The number of aromatic nitrogens is 1. The lowest BCUT2D eigenvalue weighted by Crippen LogP contribution is -2.27. The second-order valence-electron chi connectivity index (χ2n) is 4.64. The summed E-state index contributed by atoms with van der Waals surface area (Å²) in [7, 11) is 0. The van der Waals surface area contributed by atoms with E-state index >= 15 is 0 Å². The lowest BCUT2D eigenvalue weighted by atomic mass is 10.2. The van der Waals surface area contributed by atoms with Crippen molar-refractivity contribution in [3.05, 3.63) is 64.8 Å². The Morgan fingerprint density at radius 3 is 2.86 bits per heavy atom. The first kappa shape index (κ1) is 14.0. The van der Waals surface area contributed by atoms with Crippen LogP contribution in [0.4, 0.5) is 5.69 Å². The number of carbonyl (C=O) groups excluding carboxylic acids is 1. The zero-order valence-electron chi connectivity index (χ0n) is 11.3. The molecule has 0 bridgehead atoms. The van der Waals surface area contributed by atoms with Crippen molar-refractivity contribution >= 4 is 46.0 Å². The van der Waals surface area contributed by atoms with E-state index in [1.54, 1.807) is 17.3 Å². The Morgan fingerprint density at radius 2 is 2.14 bits per heavy atom. The minimum absolute atomic E-state index is 0.0838. The van der Waals surface area contributed by atoms with E-state index in [0.717, 1.165) is 16.8 Å². The second-order valence-corrected chi connectivity index (χ2v) is 6.32. The number of amides is 1. The van der Waals surface area contributed by atoms with Gasteiger partial charge < -0.3 is 0 Å². The smallest absolute Gasteiger partial charge is 0.268 e. The molecule has 1 aromatic carbocycles. The Morgan fingerprint density at radius 1 is 1.29 bits per heavy atom. The second kappa shape index (κ2) is 5.79. The number of carbonyl (C=O) groups is 1. The van der Waals surface area contributed by atoms with Crippen molar-refractivity contribution in [2.45, 2.75) is 6.92 Å². The van der Waals surface area contributed by atoms with Crippen molar-refractivity contribution < 1.29 is 4.79 Å². The maximum absolute atomic E-state index is 12.6. The summed E-state index contributed by atoms with van der Waals surface area (Å²) in [4.78, 5) is 18.8. The summed E-state index contributed by atoms with van der Waals surface area (Å²) in [6.45, 7) is 1.99. The fourth-order valence-corrected chi connectivity index (χ4v) is 3.37. The number of hydrogen-bond donors (Lipinski definition) is 0. The maximum atomic E-state index is 12.6. The topological polar surface area (TPSA) is 33.2 Å². The average molecular weight is 312 g/mol. The molecule has 0 unspecified atom stereocenters. The lowest BCUT2D eigenvalue weighted by molar-refractivity contribution is -0.113. The third-order valence-electron chi connectivity index (χ3n) is 3.04. The summed E-state index contributed by atoms with van der Waals surface area (Å²) in [6.07, 6.45) is 5.25. The van der Waals surface area contributed by atoms with Gasteiger partial charge >= 0.3 is 0 Å². The van der Waals surface area contributed by atoms with E-state index in [1.165, 1.54) is 11.8 Å². The number of pyridine rings is 1. The monoisotopic (exact) mass is 312 g/mol. The van der Waals surface area contributed by atoms with Crippen molar-refractivity contribution in [3.8, 4) is 0 Å². The third-order valence-corrected chi connectivity index (χ3v) is 4.34. The van der Waals surface area contributed by atoms with Crippen LogP contribution in [-0.2, 0) is 4.79 Å². The molecule has 0 N–H and O–H groups in total. The summed E-state index contributed by atoms with van der Waals surface area (Å²) in [5.74, 6) is -0.0838. The Balaban J connectivity index is 1.94. The normalized spacial score (nSPS) is 16.8. The number of aryl methyl sites for hydroxylation is 1. The molecule has 2 aromatic rings. The number of rotatable bonds is 2. The van der Waals surface area contributed by atoms with Crippen LogP contribution in [0.3, 0.4) is 0 Å². The van der Waals surface area contributed by atoms with Gasteiger partial charge in [0.1, 0.15) is 0 Å². The SMILES string of the molecule is Cc1cccc(N2C(=O)/C(=C\c3cccnc3)SC2=S)c1. The molecule has 104 valence electrons. The summed E-state index contributed by atoms with van der Waals surface area (Å²) in [6, 6.07) is 11.5. The number of benzene rings is 1. The van der Waals surface area contributed by atoms with Crippen molar-refractivity contribution in [3.63, 3.8) is 0 Å².